The minimum atomic E-state index is 0.390. The number of aromatic nitrogens is 3. The van der Waals surface area contributed by atoms with Gasteiger partial charge in [0.05, 0.1) is 17.4 Å². The Morgan fingerprint density at radius 3 is 3.00 bits per heavy atom. The summed E-state index contributed by atoms with van der Waals surface area (Å²) in [6.45, 7) is 0. The van der Waals surface area contributed by atoms with Crippen molar-refractivity contribution >= 4 is 28.8 Å². The molecule has 0 aliphatic heterocycles. The van der Waals surface area contributed by atoms with Crippen molar-refractivity contribution < 1.29 is 0 Å². The van der Waals surface area contributed by atoms with Crippen LogP contribution in [-0.2, 0) is 0 Å². The van der Waals surface area contributed by atoms with Crippen LogP contribution in [0.3, 0.4) is 0 Å². The van der Waals surface area contributed by atoms with Gasteiger partial charge in [-0.2, -0.15) is 5.10 Å². The number of rotatable bonds is 0. The van der Waals surface area contributed by atoms with Crippen molar-refractivity contribution in [3.05, 3.63) is 28.6 Å². The first-order valence-corrected chi connectivity index (χ1v) is 3.68. The molecule has 0 fully saturated rings. The molecule has 0 saturated carbocycles. The quantitative estimate of drug-likeness (QED) is 0.592. The highest BCUT2D eigenvalue weighted by atomic mass is 35.5. The molecule has 0 aliphatic carbocycles. The van der Waals surface area contributed by atoms with Crippen molar-refractivity contribution in [2.24, 2.45) is 0 Å². The third kappa shape index (κ3) is 0.968. The summed E-state index contributed by atoms with van der Waals surface area (Å²) < 4.78 is 1.48. The SMILES string of the molecule is Clc1cnc2ccnn2c1Cl. The lowest BCUT2D eigenvalue weighted by Gasteiger charge is -1.96. The Kier molecular flexibility index (Phi) is 1.47. The first-order valence-electron chi connectivity index (χ1n) is 2.93. The summed E-state index contributed by atoms with van der Waals surface area (Å²) in [5.41, 5.74) is 0.694. The van der Waals surface area contributed by atoms with Crippen molar-refractivity contribution in [3.8, 4) is 0 Å². The molecule has 0 aromatic carbocycles. The lowest BCUT2D eigenvalue weighted by Crippen LogP contribution is -1.91. The molecule has 5 heteroatoms. The van der Waals surface area contributed by atoms with Gasteiger partial charge in [0.15, 0.2) is 10.8 Å². The van der Waals surface area contributed by atoms with Gasteiger partial charge in [-0.05, 0) is 0 Å². The molecular weight excluding hydrogens is 185 g/mol. The van der Waals surface area contributed by atoms with Crippen LogP contribution in [0.2, 0.25) is 10.2 Å². The van der Waals surface area contributed by atoms with Gasteiger partial charge in [0.25, 0.3) is 0 Å². The van der Waals surface area contributed by atoms with Gasteiger partial charge in [0.1, 0.15) is 0 Å². The van der Waals surface area contributed by atoms with Crippen molar-refractivity contribution in [3.63, 3.8) is 0 Å². The van der Waals surface area contributed by atoms with Gasteiger partial charge >= 0.3 is 0 Å². The second-order valence-electron chi connectivity index (χ2n) is 2.00. The van der Waals surface area contributed by atoms with Crippen molar-refractivity contribution in [2.45, 2.75) is 0 Å². The van der Waals surface area contributed by atoms with Gasteiger partial charge < -0.3 is 0 Å². The van der Waals surface area contributed by atoms with Gasteiger partial charge in [-0.15, -0.1) is 0 Å². The third-order valence-electron chi connectivity index (χ3n) is 1.32. The summed E-state index contributed by atoms with van der Waals surface area (Å²) in [5, 5.41) is 4.71. The zero-order valence-electron chi connectivity index (χ0n) is 5.33. The predicted octanol–water partition coefficient (Wildman–Crippen LogP) is 2.04. The first kappa shape index (κ1) is 6.88. The summed E-state index contributed by atoms with van der Waals surface area (Å²) >= 11 is 11.5. The summed E-state index contributed by atoms with van der Waals surface area (Å²) in [4.78, 5) is 3.99. The molecule has 0 unspecified atom stereocenters. The lowest BCUT2D eigenvalue weighted by molar-refractivity contribution is 0.940. The molecule has 0 bridgehead atoms. The number of halogens is 2. The van der Waals surface area contributed by atoms with E-state index in [1.807, 2.05) is 0 Å². The highest BCUT2D eigenvalue weighted by molar-refractivity contribution is 6.41. The fraction of sp³-hybridized carbons (Fsp3) is 0. The average Bonchev–Trinajstić information content (AvgIpc) is 2.45. The van der Waals surface area contributed by atoms with E-state index < -0.39 is 0 Å². The van der Waals surface area contributed by atoms with E-state index in [9.17, 15) is 0 Å². The second kappa shape index (κ2) is 2.36. The molecule has 2 rings (SSSR count). The van der Waals surface area contributed by atoms with E-state index in [0.29, 0.717) is 15.8 Å². The Labute approximate surface area is 72.6 Å². The molecule has 0 amide bonds. The van der Waals surface area contributed by atoms with Gasteiger partial charge in [-0.3, -0.25) is 0 Å². The van der Waals surface area contributed by atoms with E-state index in [2.05, 4.69) is 10.1 Å². The zero-order valence-corrected chi connectivity index (χ0v) is 6.84. The van der Waals surface area contributed by atoms with Crippen LogP contribution in [0.4, 0.5) is 0 Å². The molecule has 0 atom stereocenters. The normalized spacial score (nSPS) is 10.7. The van der Waals surface area contributed by atoms with Crippen LogP contribution in [0.25, 0.3) is 5.65 Å². The molecule has 0 aliphatic rings. The average molecular weight is 188 g/mol. The Balaban J connectivity index is 2.93. The molecule has 3 nitrogen and oxygen atoms in total. The van der Waals surface area contributed by atoms with Crippen LogP contribution < -0.4 is 0 Å². The highest BCUT2D eigenvalue weighted by Crippen LogP contribution is 2.20. The van der Waals surface area contributed by atoms with Crippen LogP contribution in [0.5, 0.6) is 0 Å². The Morgan fingerprint density at radius 1 is 1.36 bits per heavy atom. The van der Waals surface area contributed by atoms with E-state index in [0.717, 1.165) is 0 Å². The molecular formula is C6H3Cl2N3. The molecule has 0 spiro atoms. The van der Waals surface area contributed by atoms with Crippen LogP contribution >= 0.6 is 23.2 Å². The minimum absolute atomic E-state index is 0.390. The molecule has 0 N–H and O–H groups in total. The molecule has 11 heavy (non-hydrogen) atoms. The lowest BCUT2D eigenvalue weighted by atomic mass is 10.6. The smallest absolute Gasteiger partial charge is 0.156 e. The largest absolute Gasteiger partial charge is 0.235 e. The molecule has 0 radical (unpaired) electrons. The Bertz CT molecular complexity index is 396. The Morgan fingerprint density at radius 2 is 2.18 bits per heavy atom. The minimum Gasteiger partial charge on any atom is -0.235 e. The van der Waals surface area contributed by atoms with E-state index in [-0.39, 0.29) is 0 Å². The third-order valence-corrected chi connectivity index (χ3v) is 2.05. The molecule has 56 valence electrons. The van der Waals surface area contributed by atoms with Gasteiger partial charge in [-0.1, -0.05) is 23.2 Å². The molecule has 2 heterocycles. The van der Waals surface area contributed by atoms with Crippen molar-refractivity contribution in [1.82, 2.24) is 14.6 Å². The predicted molar refractivity (Wildman–Crippen MR) is 43.0 cm³/mol. The monoisotopic (exact) mass is 187 g/mol. The summed E-state index contributed by atoms with van der Waals surface area (Å²) in [6.07, 6.45) is 3.12. The number of hydrogen-bond donors (Lipinski definition) is 0. The van der Waals surface area contributed by atoms with Crippen molar-refractivity contribution in [1.29, 1.82) is 0 Å². The summed E-state index contributed by atoms with van der Waals surface area (Å²) in [7, 11) is 0. The summed E-state index contributed by atoms with van der Waals surface area (Å²) in [5.74, 6) is 0. The number of fused-ring (bicyclic) bond motifs is 1. The topological polar surface area (TPSA) is 30.2 Å². The fourth-order valence-electron chi connectivity index (χ4n) is 0.823. The van der Waals surface area contributed by atoms with E-state index in [1.165, 1.54) is 10.7 Å². The highest BCUT2D eigenvalue weighted by Gasteiger charge is 2.03. The molecule has 2 aromatic heterocycles. The van der Waals surface area contributed by atoms with Crippen LogP contribution in [0.15, 0.2) is 18.5 Å². The Hall–Kier alpha value is -0.800. The van der Waals surface area contributed by atoms with Crippen LogP contribution in [0, 0.1) is 0 Å². The fourth-order valence-corrected chi connectivity index (χ4v) is 1.13. The maximum absolute atomic E-state index is 5.80. The van der Waals surface area contributed by atoms with Crippen LogP contribution in [0.1, 0.15) is 0 Å². The van der Waals surface area contributed by atoms with E-state index >= 15 is 0 Å². The number of hydrogen-bond acceptors (Lipinski definition) is 2. The van der Waals surface area contributed by atoms with Gasteiger partial charge in [-0.25, -0.2) is 9.50 Å². The van der Waals surface area contributed by atoms with E-state index in [1.54, 1.807) is 12.3 Å². The molecule has 0 saturated heterocycles. The standard InChI is InChI=1S/C6H3Cl2N3/c7-4-3-9-5-1-2-10-11(5)6(4)8/h1-3H. The van der Waals surface area contributed by atoms with Crippen LogP contribution in [-0.4, -0.2) is 14.6 Å². The maximum atomic E-state index is 5.80. The summed E-state index contributed by atoms with van der Waals surface area (Å²) in [6, 6.07) is 1.75. The first-order chi connectivity index (χ1) is 5.29. The molecule has 2 aromatic rings. The second-order valence-corrected chi connectivity index (χ2v) is 2.76. The zero-order chi connectivity index (χ0) is 7.84. The van der Waals surface area contributed by atoms with Gasteiger partial charge in [0, 0.05) is 6.07 Å². The maximum Gasteiger partial charge on any atom is 0.156 e. The van der Waals surface area contributed by atoms with E-state index in [4.69, 9.17) is 23.2 Å². The number of nitrogens with zero attached hydrogens (tertiary/aromatic N) is 3. The van der Waals surface area contributed by atoms with Gasteiger partial charge in [0.2, 0.25) is 0 Å². The van der Waals surface area contributed by atoms with Crippen molar-refractivity contribution in [2.75, 3.05) is 0 Å².